The van der Waals surface area contributed by atoms with E-state index in [4.69, 9.17) is 10.2 Å². The highest BCUT2D eigenvalue weighted by atomic mass is 32.1. The summed E-state index contributed by atoms with van der Waals surface area (Å²) in [6, 6.07) is 5.78. The van der Waals surface area contributed by atoms with E-state index in [0.29, 0.717) is 5.56 Å². The van der Waals surface area contributed by atoms with Gasteiger partial charge in [0.05, 0.1) is 4.92 Å². The number of benzene rings is 1. The Hall–Kier alpha value is -2.55. The third kappa shape index (κ3) is 2.58. The third-order valence-corrected chi connectivity index (χ3v) is 2.08. The second-order valence-electron chi connectivity index (χ2n) is 3.21. The van der Waals surface area contributed by atoms with Crippen molar-refractivity contribution in [2.24, 2.45) is 5.73 Å². The number of hydrogen-bond acceptors (Lipinski definition) is 6. The Balaban J connectivity index is 2.23. The maximum Gasteiger partial charge on any atom is 0.322 e. The van der Waals surface area contributed by atoms with Crippen molar-refractivity contribution < 1.29 is 9.34 Å². The molecule has 3 N–H and O–H groups in total. The Labute approximate surface area is 106 Å². The van der Waals surface area contributed by atoms with Crippen molar-refractivity contribution >= 4 is 29.0 Å². The Kier molecular flexibility index (Phi) is 3.15. The predicted octanol–water partition coefficient (Wildman–Crippen LogP) is 1.30. The SMILES string of the molecule is NC(=S)Nc1nnc(-c2ccc([N+](=O)[O-])cc2)o1. The lowest BCUT2D eigenvalue weighted by atomic mass is 10.2. The Morgan fingerprint density at radius 1 is 1.39 bits per heavy atom. The van der Waals surface area contributed by atoms with Crippen LogP contribution in [-0.4, -0.2) is 20.2 Å². The number of nitro groups is 1. The molecule has 2 aromatic rings. The van der Waals surface area contributed by atoms with Crippen LogP contribution in [0.4, 0.5) is 11.7 Å². The first-order valence-corrected chi connectivity index (χ1v) is 5.12. The van der Waals surface area contributed by atoms with Crippen LogP contribution in [0.1, 0.15) is 0 Å². The maximum atomic E-state index is 10.5. The van der Waals surface area contributed by atoms with Crippen LogP contribution in [0.2, 0.25) is 0 Å². The minimum Gasteiger partial charge on any atom is -0.403 e. The average molecular weight is 265 g/mol. The molecular weight excluding hydrogens is 258 g/mol. The van der Waals surface area contributed by atoms with Gasteiger partial charge in [0, 0.05) is 17.7 Å². The molecule has 1 aromatic heterocycles. The zero-order valence-corrected chi connectivity index (χ0v) is 9.68. The Morgan fingerprint density at radius 2 is 2.06 bits per heavy atom. The van der Waals surface area contributed by atoms with Gasteiger partial charge in [0.2, 0.25) is 5.89 Å². The molecule has 0 spiro atoms. The fourth-order valence-electron chi connectivity index (χ4n) is 1.22. The molecule has 2 rings (SSSR count). The number of hydrogen-bond donors (Lipinski definition) is 2. The highest BCUT2D eigenvalue weighted by Crippen LogP contribution is 2.22. The second kappa shape index (κ2) is 4.75. The van der Waals surface area contributed by atoms with E-state index < -0.39 is 4.92 Å². The summed E-state index contributed by atoms with van der Waals surface area (Å²) in [7, 11) is 0. The second-order valence-corrected chi connectivity index (χ2v) is 3.65. The molecule has 0 saturated carbocycles. The van der Waals surface area contributed by atoms with Crippen LogP contribution in [-0.2, 0) is 0 Å². The van der Waals surface area contributed by atoms with Gasteiger partial charge in [-0.15, -0.1) is 5.10 Å². The number of non-ortho nitro benzene ring substituents is 1. The van der Waals surface area contributed by atoms with Crippen LogP contribution >= 0.6 is 12.2 Å². The summed E-state index contributed by atoms with van der Waals surface area (Å²) < 4.78 is 5.21. The smallest absolute Gasteiger partial charge is 0.322 e. The molecular formula is C9H7N5O3S. The number of aromatic nitrogens is 2. The average Bonchev–Trinajstić information content (AvgIpc) is 2.76. The normalized spacial score (nSPS) is 10.0. The van der Waals surface area contributed by atoms with Crippen molar-refractivity contribution in [2.45, 2.75) is 0 Å². The fraction of sp³-hybridized carbons (Fsp3) is 0. The first-order valence-electron chi connectivity index (χ1n) is 4.71. The van der Waals surface area contributed by atoms with Gasteiger partial charge in [-0.3, -0.25) is 15.4 Å². The number of anilines is 1. The Morgan fingerprint density at radius 3 is 2.61 bits per heavy atom. The zero-order chi connectivity index (χ0) is 13.1. The molecule has 0 aliphatic carbocycles. The maximum absolute atomic E-state index is 10.5. The number of nitrogens with one attached hydrogen (secondary N) is 1. The van der Waals surface area contributed by atoms with E-state index in [1.807, 2.05) is 0 Å². The fourth-order valence-corrected chi connectivity index (χ4v) is 1.31. The van der Waals surface area contributed by atoms with Gasteiger partial charge in [-0.2, -0.15) is 0 Å². The minimum atomic E-state index is -0.489. The summed E-state index contributed by atoms with van der Waals surface area (Å²) in [5.74, 6) is 0.212. The van der Waals surface area contributed by atoms with Crippen molar-refractivity contribution in [2.75, 3.05) is 5.32 Å². The summed E-state index contributed by atoms with van der Waals surface area (Å²) >= 11 is 4.61. The minimum absolute atomic E-state index is 0.00824. The van der Waals surface area contributed by atoms with Gasteiger partial charge in [-0.25, -0.2) is 0 Å². The zero-order valence-electron chi connectivity index (χ0n) is 8.86. The number of thiocarbonyl (C=S) groups is 1. The molecule has 1 heterocycles. The van der Waals surface area contributed by atoms with Crippen LogP contribution < -0.4 is 11.1 Å². The molecule has 0 aliphatic heterocycles. The quantitative estimate of drug-likeness (QED) is 0.484. The van der Waals surface area contributed by atoms with E-state index in [1.54, 1.807) is 0 Å². The summed E-state index contributed by atoms with van der Waals surface area (Å²) in [5.41, 5.74) is 5.79. The van der Waals surface area contributed by atoms with Crippen molar-refractivity contribution in [3.05, 3.63) is 34.4 Å². The lowest BCUT2D eigenvalue weighted by Crippen LogP contribution is -2.18. The van der Waals surface area contributed by atoms with Gasteiger partial charge in [0.25, 0.3) is 5.69 Å². The molecule has 18 heavy (non-hydrogen) atoms. The lowest BCUT2D eigenvalue weighted by molar-refractivity contribution is -0.384. The van der Waals surface area contributed by atoms with Gasteiger partial charge in [-0.05, 0) is 24.4 Å². The summed E-state index contributed by atoms with van der Waals surface area (Å²) in [6.07, 6.45) is 0. The van der Waals surface area contributed by atoms with Gasteiger partial charge in [0.15, 0.2) is 5.11 Å². The van der Waals surface area contributed by atoms with Crippen LogP contribution in [0.25, 0.3) is 11.5 Å². The summed E-state index contributed by atoms with van der Waals surface area (Å²) in [4.78, 5) is 10.0. The first kappa shape index (κ1) is 11.9. The molecule has 0 unspecified atom stereocenters. The number of nitro benzene ring substituents is 1. The predicted molar refractivity (Wildman–Crippen MR) is 66.8 cm³/mol. The largest absolute Gasteiger partial charge is 0.403 e. The van der Waals surface area contributed by atoms with Gasteiger partial charge < -0.3 is 10.2 Å². The molecule has 0 bridgehead atoms. The monoisotopic (exact) mass is 265 g/mol. The molecule has 0 amide bonds. The van der Waals surface area contributed by atoms with Crippen LogP contribution in [0.5, 0.6) is 0 Å². The standard InChI is InChI=1S/C9H7N5O3S/c10-8(18)11-9-13-12-7(17-9)5-1-3-6(4-2-5)14(15)16/h1-4H,(H3,10,11,13,18). The van der Waals surface area contributed by atoms with Crippen LogP contribution in [0, 0.1) is 10.1 Å². The highest BCUT2D eigenvalue weighted by molar-refractivity contribution is 7.80. The third-order valence-electron chi connectivity index (χ3n) is 1.98. The van der Waals surface area contributed by atoms with E-state index in [0.717, 1.165) is 0 Å². The highest BCUT2D eigenvalue weighted by Gasteiger charge is 2.11. The molecule has 92 valence electrons. The number of nitrogens with two attached hydrogens (primary N) is 1. The van der Waals surface area contributed by atoms with Crippen molar-refractivity contribution in [3.63, 3.8) is 0 Å². The molecule has 9 heteroatoms. The summed E-state index contributed by atoms with van der Waals surface area (Å²) in [5, 5.41) is 20.4. The molecule has 0 radical (unpaired) electrons. The topological polar surface area (TPSA) is 120 Å². The van der Waals surface area contributed by atoms with Gasteiger partial charge in [0.1, 0.15) is 0 Å². The van der Waals surface area contributed by atoms with Crippen molar-refractivity contribution in [1.29, 1.82) is 0 Å². The molecule has 0 atom stereocenters. The van der Waals surface area contributed by atoms with E-state index >= 15 is 0 Å². The van der Waals surface area contributed by atoms with Crippen molar-refractivity contribution in [3.8, 4) is 11.5 Å². The van der Waals surface area contributed by atoms with Gasteiger partial charge >= 0.3 is 6.01 Å². The molecule has 0 saturated heterocycles. The van der Waals surface area contributed by atoms with E-state index in [2.05, 4.69) is 27.7 Å². The van der Waals surface area contributed by atoms with Crippen LogP contribution in [0.15, 0.2) is 28.7 Å². The molecule has 8 nitrogen and oxygen atoms in total. The van der Waals surface area contributed by atoms with E-state index in [9.17, 15) is 10.1 Å². The van der Waals surface area contributed by atoms with E-state index in [-0.39, 0.29) is 22.7 Å². The van der Waals surface area contributed by atoms with Crippen LogP contribution in [0.3, 0.4) is 0 Å². The number of rotatable bonds is 3. The van der Waals surface area contributed by atoms with Gasteiger partial charge in [-0.1, -0.05) is 5.10 Å². The lowest BCUT2D eigenvalue weighted by Gasteiger charge is -1.95. The van der Waals surface area contributed by atoms with E-state index in [1.165, 1.54) is 24.3 Å². The first-order chi connectivity index (χ1) is 8.56. The molecule has 0 fully saturated rings. The Bertz CT molecular complexity index is 595. The number of nitrogens with zero attached hydrogens (tertiary/aromatic N) is 3. The molecule has 1 aromatic carbocycles. The summed E-state index contributed by atoms with van der Waals surface area (Å²) in [6.45, 7) is 0. The molecule has 0 aliphatic rings. The van der Waals surface area contributed by atoms with Crippen molar-refractivity contribution in [1.82, 2.24) is 10.2 Å².